The Morgan fingerprint density at radius 1 is 0.867 bits per heavy atom. The van der Waals surface area contributed by atoms with Crippen molar-refractivity contribution in [2.45, 2.75) is 112 Å². The maximum atomic E-state index is 10.3. The molecular weight excluding hydrogens is 364 g/mol. The van der Waals surface area contributed by atoms with Crippen LogP contribution in [0.15, 0.2) is 12.2 Å². The Morgan fingerprint density at radius 2 is 1.57 bits per heavy atom. The van der Waals surface area contributed by atoms with E-state index in [1.165, 1.54) is 51.4 Å². The summed E-state index contributed by atoms with van der Waals surface area (Å²) in [5.74, 6) is 6.72. The van der Waals surface area contributed by atoms with Gasteiger partial charge >= 0.3 is 0 Å². The minimum atomic E-state index is -0.0187. The van der Waals surface area contributed by atoms with Crippen LogP contribution in [0.25, 0.3) is 0 Å². The van der Waals surface area contributed by atoms with Crippen molar-refractivity contribution in [1.29, 1.82) is 0 Å². The molecule has 0 amide bonds. The summed E-state index contributed by atoms with van der Waals surface area (Å²) in [4.78, 5) is 0. The molecule has 4 aliphatic rings. The normalized spacial score (nSPS) is 48.3. The molecule has 4 saturated carbocycles. The van der Waals surface area contributed by atoms with Crippen LogP contribution >= 0.6 is 0 Å². The lowest BCUT2D eigenvalue weighted by Gasteiger charge is -2.61. The molecule has 10 atom stereocenters. The van der Waals surface area contributed by atoms with Gasteiger partial charge in [-0.05, 0) is 122 Å². The maximum Gasteiger partial charge on any atom is 0.0543 e. The fraction of sp³-hybridized carbons (Fsp3) is 0.931. The van der Waals surface area contributed by atoms with Crippen LogP contribution in [-0.2, 0) is 0 Å². The van der Waals surface area contributed by atoms with Crippen LogP contribution in [0.1, 0.15) is 106 Å². The second-order valence-electron chi connectivity index (χ2n) is 12.9. The molecule has 1 nitrogen and oxygen atoms in total. The molecule has 0 aromatic carbocycles. The average Bonchev–Trinajstić information content (AvgIpc) is 3.06. The third-order valence-electron chi connectivity index (χ3n) is 11.3. The molecule has 2 unspecified atom stereocenters. The molecule has 4 aliphatic carbocycles. The summed E-state index contributed by atoms with van der Waals surface area (Å²) in [5, 5.41) is 10.3. The van der Waals surface area contributed by atoms with Gasteiger partial charge < -0.3 is 5.11 Å². The molecule has 4 fully saturated rings. The van der Waals surface area contributed by atoms with Crippen molar-refractivity contribution in [1.82, 2.24) is 0 Å². The average molecular weight is 415 g/mol. The Morgan fingerprint density at radius 3 is 2.27 bits per heavy atom. The Kier molecular flexibility index (Phi) is 6.53. The standard InChI is InChI=1S/C29H50O/c1-7-21(19(2)3)9-8-20(4)25-12-13-26-24-11-10-22-18-23(30)14-16-28(22,5)27(24)15-17-29(25,26)6/h8-9,19-27,30H,7,10-18H2,1-6H3/b9-8+/t20-,21-,22?,23?,24+,25-,26+,27+,28+,29-/m1/s1. The quantitative estimate of drug-likeness (QED) is 0.454. The molecule has 0 radical (unpaired) electrons. The van der Waals surface area contributed by atoms with Crippen LogP contribution < -0.4 is 0 Å². The van der Waals surface area contributed by atoms with Crippen molar-refractivity contribution in [2.75, 3.05) is 0 Å². The number of allylic oxidation sites excluding steroid dienone is 2. The predicted molar refractivity (Wildman–Crippen MR) is 128 cm³/mol. The summed E-state index contributed by atoms with van der Waals surface area (Å²) in [7, 11) is 0. The van der Waals surface area contributed by atoms with Crippen molar-refractivity contribution in [2.24, 2.45) is 58.2 Å². The molecule has 172 valence electrons. The van der Waals surface area contributed by atoms with Gasteiger partial charge in [0, 0.05) is 0 Å². The molecule has 1 N–H and O–H groups in total. The zero-order valence-corrected chi connectivity index (χ0v) is 20.9. The van der Waals surface area contributed by atoms with E-state index in [4.69, 9.17) is 0 Å². The Bertz CT molecular complexity index is 622. The molecule has 0 bridgehead atoms. The molecule has 0 spiro atoms. The summed E-state index contributed by atoms with van der Waals surface area (Å²) in [5.41, 5.74) is 1.07. The van der Waals surface area contributed by atoms with Crippen LogP contribution in [0.5, 0.6) is 0 Å². The summed E-state index contributed by atoms with van der Waals surface area (Å²) in [6.45, 7) is 14.9. The zero-order chi connectivity index (χ0) is 21.7. The minimum Gasteiger partial charge on any atom is -0.393 e. The second kappa shape index (κ2) is 8.57. The van der Waals surface area contributed by atoms with E-state index in [1.54, 1.807) is 0 Å². The van der Waals surface area contributed by atoms with E-state index in [9.17, 15) is 5.11 Å². The van der Waals surface area contributed by atoms with Crippen molar-refractivity contribution in [3.05, 3.63) is 12.2 Å². The van der Waals surface area contributed by atoms with Gasteiger partial charge in [-0.2, -0.15) is 0 Å². The van der Waals surface area contributed by atoms with Gasteiger partial charge in [0.2, 0.25) is 0 Å². The number of aliphatic hydroxyl groups excluding tert-OH is 1. The van der Waals surface area contributed by atoms with Crippen molar-refractivity contribution in [3.63, 3.8) is 0 Å². The van der Waals surface area contributed by atoms with Gasteiger partial charge in [-0.1, -0.05) is 53.7 Å². The van der Waals surface area contributed by atoms with Crippen LogP contribution in [0.2, 0.25) is 0 Å². The molecule has 0 heterocycles. The van der Waals surface area contributed by atoms with E-state index in [-0.39, 0.29) is 6.10 Å². The van der Waals surface area contributed by atoms with Gasteiger partial charge in [0.05, 0.1) is 6.10 Å². The van der Waals surface area contributed by atoms with Gasteiger partial charge in [0.25, 0.3) is 0 Å². The monoisotopic (exact) mass is 414 g/mol. The van der Waals surface area contributed by atoms with E-state index in [2.05, 4.69) is 53.7 Å². The highest BCUT2D eigenvalue weighted by molar-refractivity contribution is 5.11. The van der Waals surface area contributed by atoms with E-state index >= 15 is 0 Å². The fourth-order valence-corrected chi connectivity index (χ4v) is 9.42. The van der Waals surface area contributed by atoms with E-state index in [0.29, 0.717) is 10.8 Å². The number of hydrogen-bond donors (Lipinski definition) is 1. The Balaban J connectivity index is 1.49. The molecule has 4 rings (SSSR count). The van der Waals surface area contributed by atoms with Gasteiger partial charge in [0.1, 0.15) is 0 Å². The van der Waals surface area contributed by atoms with E-state index < -0.39 is 0 Å². The topological polar surface area (TPSA) is 20.2 Å². The van der Waals surface area contributed by atoms with Gasteiger partial charge in [-0.15, -0.1) is 0 Å². The highest BCUT2D eigenvalue weighted by Crippen LogP contribution is 2.68. The lowest BCUT2D eigenvalue weighted by molar-refractivity contribution is -0.128. The highest BCUT2D eigenvalue weighted by Gasteiger charge is 2.60. The molecule has 0 aromatic rings. The third kappa shape index (κ3) is 3.74. The van der Waals surface area contributed by atoms with Gasteiger partial charge in [-0.25, -0.2) is 0 Å². The van der Waals surface area contributed by atoms with E-state index in [0.717, 1.165) is 60.2 Å². The highest BCUT2D eigenvalue weighted by atomic mass is 16.3. The summed E-state index contributed by atoms with van der Waals surface area (Å²) >= 11 is 0. The summed E-state index contributed by atoms with van der Waals surface area (Å²) < 4.78 is 0. The summed E-state index contributed by atoms with van der Waals surface area (Å²) in [6, 6.07) is 0. The Labute approximate surface area is 187 Å². The van der Waals surface area contributed by atoms with Crippen molar-refractivity contribution >= 4 is 0 Å². The van der Waals surface area contributed by atoms with Gasteiger partial charge in [0.15, 0.2) is 0 Å². The number of hydrogen-bond acceptors (Lipinski definition) is 1. The van der Waals surface area contributed by atoms with Crippen LogP contribution in [0.4, 0.5) is 0 Å². The second-order valence-corrected chi connectivity index (χ2v) is 12.9. The first-order chi connectivity index (χ1) is 14.2. The lowest BCUT2D eigenvalue weighted by Crippen LogP contribution is -2.54. The largest absolute Gasteiger partial charge is 0.393 e. The molecular formula is C29H50O. The first-order valence-electron chi connectivity index (χ1n) is 13.6. The number of aliphatic hydroxyl groups is 1. The minimum absolute atomic E-state index is 0.0187. The first kappa shape index (κ1) is 22.9. The molecule has 1 heteroatoms. The number of fused-ring (bicyclic) bond motifs is 5. The van der Waals surface area contributed by atoms with Crippen molar-refractivity contribution in [3.8, 4) is 0 Å². The molecule has 30 heavy (non-hydrogen) atoms. The lowest BCUT2D eigenvalue weighted by atomic mass is 9.44. The molecule has 0 aliphatic heterocycles. The first-order valence-corrected chi connectivity index (χ1v) is 13.6. The molecule has 0 saturated heterocycles. The van der Waals surface area contributed by atoms with Crippen LogP contribution in [-0.4, -0.2) is 11.2 Å². The Hall–Kier alpha value is -0.300. The number of rotatable bonds is 5. The SMILES string of the molecule is CC[C@H](/C=C/[C@@H](C)[C@H]1CC[C@H]2[C@@H]3CCC4CC(O)CC[C@]4(C)[C@H]3CC[C@]12C)C(C)C. The van der Waals surface area contributed by atoms with Gasteiger partial charge in [-0.3, -0.25) is 0 Å². The third-order valence-corrected chi connectivity index (χ3v) is 11.3. The van der Waals surface area contributed by atoms with E-state index in [1.807, 2.05) is 0 Å². The van der Waals surface area contributed by atoms with Crippen LogP contribution in [0.3, 0.4) is 0 Å². The maximum absolute atomic E-state index is 10.3. The fourth-order valence-electron chi connectivity index (χ4n) is 9.42. The van der Waals surface area contributed by atoms with Crippen LogP contribution in [0, 0.1) is 58.2 Å². The summed E-state index contributed by atoms with van der Waals surface area (Å²) in [6.07, 6.45) is 18.5. The predicted octanol–water partition coefficient (Wildman–Crippen LogP) is 7.88. The molecule has 0 aromatic heterocycles. The smallest absolute Gasteiger partial charge is 0.0543 e. The van der Waals surface area contributed by atoms with Crippen molar-refractivity contribution < 1.29 is 5.11 Å². The zero-order valence-electron chi connectivity index (χ0n) is 20.9.